The van der Waals surface area contributed by atoms with Gasteiger partial charge in [0.05, 0.1) is 5.56 Å². The van der Waals surface area contributed by atoms with Gasteiger partial charge in [-0.3, -0.25) is 14.4 Å². The Hall–Kier alpha value is -3.50. The fraction of sp³-hybridized carbons (Fsp3) is 0.276. The molecule has 1 N–H and O–H groups in total. The lowest BCUT2D eigenvalue weighted by Crippen LogP contribution is -2.50. The summed E-state index contributed by atoms with van der Waals surface area (Å²) in [6.45, 7) is 2.31. The van der Waals surface area contributed by atoms with Crippen LogP contribution in [0.1, 0.15) is 41.3 Å². The predicted octanol–water partition coefficient (Wildman–Crippen LogP) is 4.15. The molecule has 0 unspecified atom stereocenters. The summed E-state index contributed by atoms with van der Waals surface area (Å²) in [6.07, 6.45) is 0.419. The topological polar surface area (TPSA) is 104 Å². The molecular weight excluding hydrogens is 582 g/mol. The monoisotopic (exact) mass is 611 g/mol. The summed E-state index contributed by atoms with van der Waals surface area (Å²) in [5.74, 6) is -1.15. The Morgan fingerprint density at radius 2 is 1.62 bits per heavy atom. The van der Waals surface area contributed by atoms with Crippen molar-refractivity contribution in [1.82, 2.24) is 14.5 Å². The number of hydrogen-bond acceptors (Lipinski definition) is 5. The highest BCUT2D eigenvalue weighted by molar-refractivity contribution is 9.10. The number of carbonyl (C=O) groups excluding carboxylic acids is 3. The van der Waals surface area contributed by atoms with E-state index in [-0.39, 0.29) is 48.2 Å². The van der Waals surface area contributed by atoms with Crippen molar-refractivity contribution in [3.05, 3.63) is 100 Å². The molecule has 1 aliphatic heterocycles. The van der Waals surface area contributed by atoms with E-state index in [9.17, 15) is 22.8 Å². The van der Waals surface area contributed by atoms with Crippen LogP contribution in [-0.2, 0) is 32.6 Å². The van der Waals surface area contributed by atoms with Gasteiger partial charge in [0.25, 0.3) is 15.9 Å². The number of fused-ring (bicyclic) bond motifs is 1. The number of halogens is 1. The molecule has 1 aliphatic rings. The van der Waals surface area contributed by atoms with Gasteiger partial charge in [-0.05, 0) is 48.7 Å². The maximum atomic E-state index is 13.7. The summed E-state index contributed by atoms with van der Waals surface area (Å²) in [4.78, 5) is 41.2. The van der Waals surface area contributed by atoms with E-state index in [2.05, 4.69) is 21.2 Å². The second kappa shape index (κ2) is 12.6. The molecule has 4 rings (SSSR count). The van der Waals surface area contributed by atoms with Crippen LogP contribution < -0.4 is 5.32 Å². The van der Waals surface area contributed by atoms with Crippen LogP contribution in [0.3, 0.4) is 0 Å². The molecule has 39 heavy (non-hydrogen) atoms. The molecule has 0 spiro atoms. The average molecular weight is 613 g/mol. The van der Waals surface area contributed by atoms with Crippen LogP contribution in [0.2, 0.25) is 0 Å². The molecule has 0 fully saturated rings. The van der Waals surface area contributed by atoms with Gasteiger partial charge in [0.1, 0.15) is 10.9 Å². The first kappa shape index (κ1) is 28.5. The third kappa shape index (κ3) is 6.57. The van der Waals surface area contributed by atoms with Gasteiger partial charge < -0.3 is 10.2 Å². The zero-order chi connectivity index (χ0) is 28.0. The lowest BCUT2D eigenvalue weighted by molar-refractivity contribution is -0.141. The van der Waals surface area contributed by atoms with E-state index in [1.165, 1.54) is 12.1 Å². The largest absolute Gasteiger partial charge is 0.355 e. The maximum Gasteiger partial charge on any atom is 0.269 e. The second-order valence-electron chi connectivity index (χ2n) is 9.23. The first-order valence-electron chi connectivity index (χ1n) is 12.7. The number of sulfonamides is 1. The second-order valence-corrected chi connectivity index (χ2v) is 12.0. The van der Waals surface area contributed by atoms with E-state index in [0.29, 0.717) is 13.0 Å². The minimum Gasteiger partial charge on any atom is -0.355 e. The highest BCUT2D eigenvalue weighted by Gasteiger charge is 2.40. The fourth-order valence-corrected chi connectivity index (χ4v) is 6.47. The number of hydrogen-bond donors (Lipinski definition) is 1. The minimum atomic E-state index is -3.95. The first-order valence-corrected chi connectivity index (χ1v) is 15.0. The molecule has 0 radical (unpaired) electrons. The van der Waals surface area contributed by atoms with Crippen molar-refractivity contribution < 1.29 is 22.8 Å². The van der Waals surface area contributed by atoms with Gasteiger partial charge in [-0.2, -0.15) is 0 Å². The Bertz CT molecular complexity index is 1450. The molecule has 8 nitrogen and oxygen atoms in total. The van der Waals surface area contributed by atoms with Crippen molar-refractivity contribution >= 4 is 43.7 Å². The van der Waals surface area contributed by atoms with Crippen LogP contribution in [-0.4, -0.2) is 54.5 Å². The van der Waals surface area contributed by atoms with Gasteiger partial charge >= 0.3 is 0 Å². The standard InChI is InChI=1S/C29H30BrN3O5S/c1-2-31-28(35)25(19-21-9-4-3-5-10-21)32(20-22-14-16-23(30)17-15-22)27(34)13-8-18-33-29(36)24-11-6-7-12-26(24)39(33,37)38/h3-7,9-12,14-17,25H,2,8,13,18-20H2,1H3,(H,31,35)/t25-/m1/s1. The summed E-state index contributed by atoms with van der Waals surface area (Å²) in [6, 6.07) is 22.3. The van der Waals surface area contributed by atoms with Gasteiger partial charge in [0.2, 0.25) is 11.8 Å². The molecule has 3 aromatic rings. The van der Waals surface area contributed by atoms with E-state index >= 15 is 0 Å². The zero-order valence-corrected chi connectivity index (χ0v) is 23.9. The summed E-state index contributed by atoms with van der Waals surface area (Å²) < 4.78 is 27.5. The van der Waals surface area contributed by atoms with Gasteiger partial charge in [-0.25, -0.2) is 12.7 Å². The lowest BCUT2D eigenvalue weighted by atomic mass is 10.0. The number of rotatable bonds is 11. The van der Waals surface area contributed by atoms with Crippen molar-refractivity contribution in [3.63, 3.8) is 0 Å². The van der Waals surface area contributed by atoms with E-state index in [1.54, 1.807) is 17.0 Å². The van der Waals surface area contributed by atoms with Crippen molar-refractivity contribution in [2.45, 2.75) is 43.7 Å². The minimum absolute atomic E-state index is 0.0163. The van der Waals surface area contributed by atoms with E-state index < -0.39 is 22.0 Å². The molecule has 0 aliphatic carbocycles. The summed E-state index contributed by atoms with van der Waals surface area (Å²) in [5.41, 5.74) is 1.90. The predicted molar refractivity (Wildman–Crippen MR) is 151 cm³/mol. The summed E-state index contributed by atoms with van der Waals surface area (Å²) >= 11 is 3.42. The smallest absolute Gasteiger partial charge is 0.269 e. The van der Waals surface area contributed by atoms with Crippen LogP contribution >= 0.6 is 15.9 Å². The van der Waals surface area contributed by atoms with E-state index in [1.807, 2.05) is 61.5 Å². The van der Waals surface area contributed by atoms with Crippen LogP contribution in [0.4, 0.5) is 0 Å². The third-order valence-electron chi connectivity index (χ3n) is 6.55. The van der Waals surface area contributed by atoms with Crippen molar-refractivity contribution in [1.29, 1.82) is 0 Å². The third-order valence-corrected chi connectivity index (χ3v) is 8.92. The number of carbonyl (C=O) groups is 3. The van der Waals surface area contributed by atoms with E-state index in [4.69, 9.17) is 0 Å². The molecule has 1 heterocycles. The molecule has 10 heteroatoms. The Kier molecular flexibility index (Phi) is 9.19. The van der Waals surface area contributed by atoms with Gasteiger partial charge in [0.15, 0.2) is 0 Å². The van der Waals surface area contributed by atoms with Crippen LogP contribution in [0.25, 0.3) is 0 Å². The van der Waals surface area contributed by atoms with Gasteiger partial charge in [-0.1, -0.05) is 70.5 Å². The van der Waals surface area contributed by atoms with Gasteiger partial charge in [0, 0.05) is 36.9 Å². The van der Waals surface area contributed by atoms with Crippen LogP contribution in [0, 0.1) is 0 Å². The Labute approximate surface area is 237 Å². The molecule has 0 bridgehead atoms. The summed E-state index contributed by atoms with van der Waals surface area (Å²) in [7, 11) is -3.95. The molecule has 3 aromatic carbocycles. The maximum absolute atomic E-state index is 13.7. The summed E-state index contributed by atoms with van der Waals surface area (Å²) in [5, 5.41) is 2.85. The molecule has 0 saturated heterocycles. The van der Waals surface area contributed by atoms with Crippen molar-refractivity contribution in [2.75, 3.05) is 13.1 Å². The lowest BCUT2D eigenvalue weighted by Gasteiger charge is -2.31. The first-order chi connectivity index (χ1) is 18.7. The quantitative estimate of drug-likeness (QED) is 0.351. The van der Waals surface area contributed by atoms with Crippen molar-refractivity contribution in [2.24, 2.45) is 0 Å². The number of amides is 3. The molecule has 1 atom stereocenters. The Morgan fingerprint density at radius 3 is 2.28 bits per heavy atom. The number of nitrogens with zero attached hydrogens (tertiary/aromatic N) is 2. The number of benzene rings is 3. The van der Waals surface area contributed by atoms with E-state index in [0.717, 1.165) is 19.9 Å². The van der Waals surface area contributed by atoms with Gasteiger partial charge in [-0.15, -0.1) is 0 Å². The van der Waals surface area contributed by atoms with Crippen LogP contribution in [0.15, 0.2) is 88.2 Å². The highest BCUT2D eigenvalue weighted by atomic mass is 79.9. The fourth-order valence-electron chi connectivity index (χ4n) is 4.60. The zero-order valence-electron chi connectivity index (χ0n) is 21.5. The molecule has 0 aromatic heterocycles. The molecule has 204 valence electrons. The molecule has 3 amide bonds. The van der Waals surface area contributed by atoms with Crippen molar-refractivity contribution in [3.8, 4) is 0 Å². The SMILES string of the molecule is CCNC(=O)[C@@H](Cc1ccccc1)N(Cc1ccc(Br)cc1)C(=O)CCCN1C(=O)c2ccccc2S1(=O)=O. The van der Waals surface area contributed by atoms with Crippen LogP contribution in [0.5, 0.6) is 0 Å². The number of nitrogens with one attached hydrogen (secondary N) is 1. The highest BCUT2D eigenvalue weighted by Crippen LogP contribution is 2.30. The molecular formula is C29H30BrN3O5S. The normalized spacial score (nSPS) is 14.5. The molecule has 0 saturated carbocycles. The average Bonchev–Trinajstić information content (AvgIpc) is 3.13. The Balaban J connectivity index is 1.55. The number of likely N-dealkylation sites (N-methyl/N-ethyl adjacent to an activating group) is 1. The Morgan fingerprint density at radius 1 is 0.949 bits per heavy atom.